The van der Waals surface area contributed by atoms with Crippen LogP contribution in [0.2, 0.25) is 0 Å². The Kier molecular flexibility index (Phi) is 3.35. The van der Waals surface area contributed by atoms with E-state index in [1.807, 2.05) is 30.3 Å². The van der Waals surface area contributed by atoms with Crippen LogP contribution in [-0.4, -0.2) is 24.0 Å². The van der Waals surface area contributed by atoms with Gasteiger partial charge in [-0.05, 0) is 32.9 Å². The summed E-state index contributed by atoms with van der Waals surface area (Å²) in [6, 6.07) is 9.62. The zero-order valence-electron chi connectivity index (χ0n) is 10.2. The lowest BCUT2D eigenvalue weighted by Crippen LogP contribution is -2.24. The Morgan fingerprint density at radius 1 is 1.07 bits per heavy atom. The van der Waals surface area contributed by atoms with Crippen LogP contribution in [0.1, 0.15) is 31.1 Å². The fourth-order valence-electron chi connectivity index (χ4n) is 1.21. The first-order valence-electron chi connectivity index (χ1n) is 5.21. The highest BCUT2D eigenvalue weighted by Crippen LogP contribution is 2.64. The molecule has 0 unspecified atom stereocenters. The van der Waals surface area contributed by atoms with Crippen molar-refractivity contribution in [1.29, 1.82) is 0 Å². The van der Waals surface area contributed by atoms with Crippen molar-refractivity contribution in [2.75, 3.05) is 13.3 Å². The molecule has 0 saturated carbocycles. The average molecular weight is 223 g/mol. The molecule has 0 bridgehead atoms. The van der Waals surface area contributed by atoms with E-state index in [9.17, 15) is 4.79 Å². The summed E-state index contributed by atoms with van der Waals surface area (Å²) < 4.78 is 0. The molecule has 0 aliphatic carbocycles. The van der Waals surface area contributed by atoms with E-state index in [0.717, 1.165) is 5.56 Å². The van der Waals surface area contributed by atoms with E-state index < -0.39 is 7.26 Å². The number of hydrogen-bond acceptors (Lipinski definition) is 1. The van der Waals surface area contributed by atoms with Crippen molar-refractivity contribution in [3.63, 3.8) is 0 Å². The maximum atomic E-state index is 12.4. The van der Waals surface area contributed by atoms with Gasteiger partial charge in [-0.2, -0.15) is 0 Å². The van der Waals surface area contributed by atoms with E-state index in [-0.39, 0.29) is 5.16 Å². The second kappa shape index (κ2) is 4.06. The van der Waals surface area contributed by atoms with Crippen LogP contribution in [0.3, 0.4) is 0 Å². The molecule has 1 nitrogen and oxygen atoms in total. The molecule has 0 atom stereocenters. The molecule has 0 aliphatic heterocycles. The summed E-state index contributed by atoms with van der Waals surface area (Å²) in [4.78, 5) is 12.4. The molecule has 0 amide bonds. The van der Waals surface area contributed by atoms with Crippen LogP contribution >= 0.6 is 7.26 Å². The van der Waals surface area contributed by atoms with Crippen LogP contribution in [-0.2, 0) is 0 Å². The Bertz CT molecular complexity index is 347. The van der Waals surface area contributed by atoms with Gasteiger partial charge in [0.05, 0.1) is 31.3 Å². The van der Waals surface area contributed by atoms with Gasteiger partial charge in [-0.15, -0.1) is 0 Å². The monoisotopic (exact) mass is 223 g/mol. The number of hydrogen-bond donors (Lipinski definition) is 0. The van der Waals surface area contributed by atoms with Crippen molar-refractivity contribution in [3.8, 4) is 0 Å². The fraction of sp³-hybridized carbons (Fsp3) is 0.462. The first kappa shape index (κ1) is 12.4. The van der Waals surface area contributed by atoms with Crippen LogP contribution in [0.25, 0.3) is 0 Å². The van der Waals surface area contributed by atoms with Crippen molar-refractivity contribution in [1.82, 2.24) is 0 Å². The van der Waals surface area contributed by atoms with Gasteiger partial charge in [0.1, 0.15) is 0 Å². The molecular weight excluding hydrogens is 203 g/mol. The number of carbonyl (C=O) groups is 1. The van der Waals surface area contributed by atoms with Gasteiger partial charge in [0, 0.05) is 0 Å². The molecule has 15 heavy (non-hydrogen) atoms. The van der Waals surface area contributed by atoms with E-state index in [1.54, 1.807) is 0 Å². The summed E-state index contributed by atoms with van der Waals surface area (Å²) in [5.74, 6) is 0. The van der Waals surface area contributed by atoms with Crippen LogP contribution in [0.15, 0.2) is 30.3 Å². The topological polar surface area (TPSA) is 17.1 Å². The van der Waals surface area contributed by atoms with Gasteiger partial charge >= 0.3 is 0 Å². The quantitative estimate of drug-likeness (QED) is 0.695. The van der Waals surface area contributed by atoms with Gasteiger partial charge in [-0.1, -0.05) is 18.2 Å². The Morgan fingerprint density at radius 2 is 1.53 bits per heavy atom. The summed E-state index contributed by atoms with van der Waals surface area (Å²) in [7, 11) is -1.58. The van der Waals surface area contributed by atoms with Gasteiger partial charge in [-0.25, -0.2) is 4.79 Å². The Labute approximate surface area is 93.2 Å². The van der Waals surface area contributed by atoms with Gasteiger partial charge in [0.2, 0.25) is 0 Å². The maximum Gasteiger partial charge on any atom is 0.297 e. The standard InChI is InChI=1S/C13H20OP/c1-13(2,3)15(4,5)12(14)11-9-7-6-8-10-11/h6-10H,1-5H3/q+1. The largest absolute Gasteiger partial charge is 0.297 e. The third kappa shape index (κ3) is 2.46. The van der Waals surface area contributed by atoms with Crippen molar-refractivity contribution in [3.05, 3.63) is 35.9 Å². The van der Waals surface area contributed by atoms with Gasteiger partial charge in [0.15, 0.2) is 0 Å². The third-order valence-corrected chi connectivity index (χ3v) is 7.83. The van der Waals surface area contributed by atoms with Crippen molar-refractivity contribution >= 4 is 12.8 Å². The van der Waals surface area contributed by atoms with Crippen molar-refractivity contribution < 1.29 is 4.79 Å². The molecule has 2 heteroatoms. The Balaban J connectivity index is 3.06. The highest BCUT2D eigenvalue weighted by Gasteiger charge is 2.47. The average Bonchev–Trinajstić information content (AvgIpc) is 2.16. The molecule has 0 spiro atoms. The molecule has 0 radical (unpaired) electrons. The fourth-order valence-corrected chi connectivity index (χ4v) is 2.61. The molecule has 1 aromatic rings. The molecule has 0 aromatic heterocycles. The lowest BCUT2D eigenvalue weighted by atomic mass is 10.2. The highest BCUT2D eigenvalue weighted by atomic mass is 31.2. The van der Waals surface area contributed by atoms with Crippen LogP contribution in [0, 0.1) is 0 Å². The minimum atomic E-state index is -1.58. The predicted molar refractivity (Wildman–Crippen MR) is 69.3 cm³/mol. The number of carbonyl (C=O) groups excluding carboxylic acids is 1. The first-order chi connectivity index (χ1) is 6.77. The maximum absolute atomic E-state index is 12.4. The number of rotatable bonds is 2. The summed E-state index contributed by atoms with van der Waals surface area (Å²) in [6.45, 7) is 10.7. The summed E-state index contributed by atoms with van der Waals surface area (Å²) in [6.07, 6.45) is 0. The molecule has 0 heterocycles. The second-order valence-electron chi connectivity index (χ2n) is 5.30. The number of benzene rings is 1. The molecule has 1 aromatic carbocycles. The van der Waals surface area contributed by atoms with E-state index in [0.29, 0.717) is 5.52 Å². The molecule has 0 N–H and O–H groups in total. The second-order valence-corrected chi connectivity index (χ2v) is 9.95. The van der Waals surface area contributed by atoms with Crippen molar-refractivity contribution in [2.45, 2.75) is 25.9 Å². The zero-order chi connectivity index (χ0) is 11.7. The Hall–Kier alpha value is -0.680. The van der Waals surface area contributed by atoms with Crippen LogP contribution < -0.4 is 0 Å². The molecule has 1 rings (SSSR count). The molecule has 0 saturated heterocycles. The minimum absolute atomic E-state index is 0.0833. The normalized spacial score (nSPS) is 12.6. The smallest absolute Gasteiger partial charge is 0.247 e. The predicted octanol–water partition coefficient (Wildman–Crippen LogP) is 3.90. The van der Waals surface area contributed by atoms with Crippen LogP contribution in [0.5, 0.6) is 0 Å². The summed E-state index contributed by atoms with van der Waals surface area (Å²) in [5, 5.41) is 0.0833. The lowest BCUT2D eigenvalue weighted by molar-refractivity contribution is 0.107. The van der Waals surface area contributed by atoms with Gasteiger partial charge in [-0.3, -0.25) is 0 Å². The van der Waals surface area contributed by atoms with E-state index in [4.69, 9.17) is 0 Å². The summed E-state index contributed by atoms with van der Waals surface area (Å²) >= 11 is 0. The zero-order valence-corrected chi connectivity index (χ0v) is 11.1. The minimum Gasteiger partial charge on any atom is -0.247 e. The van der Waals surface area contributed by atoms with E-state index >= 15 is 0 Å². The van der Waals surface area contributed by atoms with E-state index in [1.165, 1.54) is 0 Å². The van der Waals surface area contributed by atoms with Crippen LogP contribution in [0.4, 0.5) is 0 Å². The molecule has 0 aliphatic rings. The third-order valence-electron chi connectivity index (χ3n) is 3.21. The lowest BCUT2D eigenvalue weighted by Gasteiger charge is -2.29. The highest BCUT2D eigenvalue weighted by molar-refractivity contribution is 7.91. The molecule has 82 valence electrons. The molecular formula is C13H20OP+. The molecule has 0 fully saturated rings. The van der Waals surface area contributed by atoms with Crippen molar-refractivity contribution in [2.24, 2.45) is 0 Å². The van der Waals surface area contributed by atoms with E-state index in [2.05, 4.69) is 34.1 Å². The SMILES string of the molecule is CC(C)(C)[P+](C)(C)C(=O)c1ccccc1. The van der Waals surface area contributed by atoms with Gasteiger partial charge in [0.25, 0.3) is 5.52 Å². The first-order valence-corrected chi connectivity index (χ1v) is 7.89. The van der Waals surface area contributed by atoms with Gasteiger partial charge < -0.3 is 0 Å². The Morgan fingerprint density at radius 3 is 1.93 bits per heavy atom. The summed E-state index contributed by atoms with van der Waals surface area (Å²) in [5.41, 5.74) is 1.18.